The number of fused-ring (bicyclic) bond motifs is 1. The van der Waals surface area contributed by atoms with Gasteiger partial charge in [-0.2, -0.15) is 0 Å². The number of Topliss-reactive ketones (excluding diaryl/α,β-unsaturated/α-hetero) is 1. The number of halogens is 1. The highest BCUT2D eigenvalue weighted by Crippen LogP contribution is 2.25. The van der Waals surface area contributed by atoms with E-state index in [0.717, 1.165) is 55.2 Å². The molecule has 0 spiro atoms. The lowest BCUT2D eigenvalue weighted by atomic mass is 9.88. The fraction of sp³-hybridized carbons (Fsp3) is 0.360. The first-order valence-corrected chi connectivity index (χ1v) is 10.6. The predicted octanol–water partition coefficient (Wildman–Crippen LogP) is 4.87. The average Bonchev–Trinajstić information content (AvgIpc) is 2.75. The van der Waals surface area contributed by atoms with Gasteiger partial charge in [-0.05, 0) is 79.9 Å². The first kappa shape index (κ1) is 22.3. The van der Waals surface area contributed by atoms with Crippen LogP contribution in [-0.4, -0.2) is 34.8 Å². The summed E-state index contributed by atoms with van der Waals surface area (Å²) in [6, 6.07) is 19.5. The van der Waals surface area contributed by atoms with Crippen LogP contribution in [-0.2, 0) is 6.42 Å². The lowest BCUT2D eigenvalue weighted by Gasteiger charge is -2.36. The minimum absolute atomic E-state index is 0. The molecule has 0 amide bonds. The molecule has 1 aromatic heterocycles. The van der Waals surface area contributed by atoms with Crippen molar-refractivity contribution in [1.29, 1.82) is 0 Å². The van der Waals surface area contributed by atoms with Gasteiger partial charge < -0.3 is 4.98 Å². The number of piperidine rings is 1. The van der Waals surface area contributed by atoms with Crippen molar-refractivity contribution in [2.45, 2.75) is 38.6 Å². The maximum Gasteiger partial charge on any atom is 0.248 e. The Kier molecular flexibility index (Phi) is 7.46. The number of likely N-dealkylation sites (tertiary alicyclic amines) is 1. The molecule has 2 aromatic carbocycles. The Morgan fingerprint density at radius 3 is 2.50 bits per heavy atom. The lowest BCUT2D eigenvalue weighted by molar-refractivity contribution is 0.0734. The zero-order chi connectivity index (χ0) is 20.2. The molecule has 1 unspecified atom stereocenters. The summed E-state index contributed by atoms with van der Waals surface area (Å²) >= 11 is 0. The summed E-state index contributed by atoms with van der Waals surface area (Å²) in [5, 5.41) is 0.895. The van der Waals surface area contributed by atoms with Gasteiger partial charge >= 0.3 is 0 Å². The van der Waals surface area contributed by atoms with Gasteiger partial charge in [0, 0.05) is 17.1 Å². The summed E-state index contributed by atoms with van der Waals surface area (Å²) in [5.74, 6) is 0.876. The number of benzene rings is 2. The molecule has 3 aromatic rings. The Hall–Kier alpha value is -2.43. The lowest BCUT2D eigenvalue weighted by Crippen LogP contribution is -2.45. The van der Waals surface area contributed by atoms with E-state index >= 15 is 0 Å². The second-order valence-corrected chi connectivity index (χ2v) is 8.08. The van der Waals surface area contributed by atoms with Gasteiger partial charge in [0.1, 0.15) is 0 Å². The molecule has 0 bridgehead atoms. The number of carbonyl (C=O) groups excluding carboxylic acids is 1. The van der Waals surface area contributed by atoms with Crippen molar-refractivity contribution >= 4 is 29.1 Å². The summed E-state index contributed by atoms with van der Waals surface area (Å²) in [4.78, 5) is 29.9. The van der Waals surface area contributed by atoms with Gasteiger partial charge in [0.15, 0.2) is 5.78 Å². The Balaban J connectivity index is 0.00000256. The van der Waals surface area contributed by atoms with Crippen LogP contribution < -0.4 is 5.56 Å². The summed E-state index contributed by atoms with van der Waals surface area (Å²) < 4.78 is 0. The molecule has 1 atom stereocenters. The highest BCUT2D eigenvalue weighted by Gasteiger charge is 2.29. The second kappa shape index (κ2) is 10.1. The molecule has 0 saturated carbocycles. The van der Waals surface area contributed by atoms with Crippen LogP contribution in [0.4, 0.5) is 0 Å². The summed E-state index contributed by atoms with van der Waals surface area (Å²) in [5.41, 5.74) is 2.77. The molecule has 1 saturated heterocycles. The minimum atomic E-state index is -0.124. The van der Waals surface area contributed by atoms with Gasteiger partial charge in [-0.15, -0.1) is 12.4 Å². The number of pyridine rings is 1. The molecular weight excluding hydrogens is 396 g/mol. The summed E-state index contributed by atoms with van der Waals surface area (Å²) in [7, 11) is 0. The largest absolute Gasteiger partial charge is 0.322 e. The van der Waals surface area contributed by atoms with Crippen molar-refractivity contribution in [2.75, 3.05) is 13.1 Å². The van der Waals surface area contributed by atoms with Crippen LogP contribution >= 0.6 is 12.4 Å². The van der Waals surface area contributed by atoms with Crippen molar-refractivity contribution in [2.24, 2.45) is 5.92 Å². The van der Waals surface area contributed by atoms with E-state index in [1.54, 1.807) is 6.07 Å². The van der Waals surface area contributed by atoms with Gasteiger partial charge in [-0.1, -0.05) is 37.3 Å². The zero-order valence-corrected chi connectivity index (χ0v) is 18.2. The Morgan fingerprint density at radius 2 is 1.80 bits per heavy atom. The van der Waals surface area contributed by atoms with Crippen LogP contribution in [0.15, 0.2) is 65.5 Å². The van der Waals surface area contributed by atoms with E-state index in [-0.39, 0.29) is 29.8 Å². The van der Waals surface area contributed by atoms with Crippen LogP contribution in [0.1, 0.15) is 42.1 Å². The monoisotopic (exact) mass is 424 g/mol. The third-order valence-electron chi connectivity index (χ3n) is 6.15. The molecule has 0 radical (unpaired) electrons. The number of H-pyrrole nitrogens is 1. The third kappa shape index (κ3) is 5.00. The van der Waals surface area contributed by atoms with E-state index in [0.29, 0.717) is 5.92 Å². The fourth-order valence-electron chi connectivity index (χ4n) is 4.53. The number of hydrogen-bond donors (Lipinski definition) is 1. The average molecular weight is 425 g/mol. The molecule has 158 valence electrons. The quantitative estimate of drug-likeness (QED) is 0.574. The molecule has 1 fully saturated rings. The zero-order valence-electron chi connectivity index (χ0n) is 17.3. The van der Waals surface area contributed by atoms with Crippen LogP contribution in [0, 0.1) is 5.92 Å². The van der Waals surface area contributed by atoms with Crippen molar-refractivity contribution in [1.82, 2.24) is 9.88 Å². The number of aromatic nitrogens is 1. The first-order chi connectivity index (χ1) is 14.1. The molecule has 1 aliphatic rings. The van der Waals surface area contributed by atoms with Gasteiger partial charge in [0.2, 0.25) is 5.56 Å². The third-order valence-corrected chi connectivity index (χ3v) is 6.15. The van der Waals surface area contributed by atoms with Gasteiger partial charge in [0.25, 0.3) is 0 Å². The number of rotatable bonds is 6. The van der Waals surface area contributed by atoms with Gasteiger partial charge in [-0.25, -0.2) is 0 Å². The number of aromatic amines is 1. The molecule has 1 N–H and O–H groups in total. The van der Waals surface area contributed by atoms with E-state index in [4.69, 9.17) is 0 Å². The second-order valence-electron chi connectivity index (χ2n) is 8.08. The normalized spacial score (nSPS) is 16.2. The molecule has 1 aliphatic heterocycles. The molecule has 2 heterocycles. The van der Waals surface area contributed by atoms with E-state index in [2.05, 4.69) is 47.1 Å². The van der Waals surface area contributed by atoms with Crippen LogP contribution in [0.5, 0.6) is 0 Å². The van der Waals surface area contributed by atoms with Crippen molar-refractivity contribution < 1.29 is 4.79 Å². The van der Waals surface area contributed by atoms with E-state index in [9.17, 15) is 9.59 Å². The minimum Gasteiger partial charge on any atom is -0.322 e. The highest BCUT2D eigenvalue weighted by molar-refractivity contribution is 6.02. The van der Waals surface area contributed by atoms with Crippen LogP contribution in [0.2, 0.25) is 0 Å². The van der Waals surface area contributed by atoms with Crippen molar-refractivity contribution in [3.05, 3.63) is 82.1 Å². The topological polar surface area (TPSA) is 53.2 Å². The number of hydrogen-bond acceptors (Lipinski definition) is 3. The predicted molar refractivity (Wildman–Crippen MR) is 125 cm³/mol. The molecule has 30 heavy (non-hydrogen) atoms. The molecule has 4 rings (SSSR count). The van der Waals surface area contributed by atoms with Crippen LogP contribution in [0.3, 0.4) is 0 Å². The number of carbonyl (C=O) groups is 1. The van der Waals surface area contributed by atoms with Crippen LogP contribution in [0.25, 0.3) is 10.9 Å². The first-order valence-electron chi connectivity index (χ1n) is 10.6. The smallest absolute Gasteiger partial charge is 0.248 e. The highest BCUT2D eigenvalue weighted by atomic mass is 35.5. The number of ketones is 1. The van der Waals surface area contributed by atoms with E-state index in [1.165, 1.54) is 11.6 Å². The standard InChI is InChI=1S/C25H28N2O2.ClH/c1-2-23(25(29)21-8-10-22-20(17-21)9-11-24(28)26-22)27-14-12-19(13-15-27)16-18-6-4-3-5-7-18;/h3-11,17,19,23H,2,12-16H2,1H3,(H,26,28);1H. The number of nitrogens with zero attached hydrogens (tertiary/aromatic N) is 1. The van der Waals surface area contributed by atoms with Crippen molar-refractivity contribution in [3.8, 4) is 0 Å². The van der Waals surface area contributed by atoms with Crippen molar-refractivity contribution in [3.63, 3.8) is 0 Å². The Labute approximate surface area is 183 Å². The fourth-order valence-corrected chi connectivity index (χ4v) is 4.53. The molecule has 5 heteroatoms. The molecule has 4 nitrogen and oxygen atoms in total. The summed E-state index contributed by atoms with van der Waals surface area (Å²) in [6.45, 7) is 4.04. The SMILES string of the molecule is CCC(C(=O)c1ccc2[nH]c(=O)ccc2c1)N1CCC(Cc2ccccc2)CC1.Cl. The maximum atomic E-state index is 13.2. The van der Waals surface area contributed by atoms with E-state index < -0.39 is 0 Å². The Bertz CT molecular complexity index is 1040. The number of nitrogens with one attached hydrogen (secondary N) is 1. The Morgan fingerprint density at radius 1 is 1.07 bits per heavy atom. The summed E-state index contributed by atoms with van der Waals surface area (Å²) in [6.07, 6.45) is 4.21. The maximum absolute atomic E-state index is 13.2. The van der Waals surface area contributed by atoms with Gasteiger partial charge in [-0.3, -0.25) is 14.5 Å². The molecule has 0 aliphatic carbocycles. The van der Waals surface area contributed by atoms with Gasteiger partial charge in [0.05, 0.1) is 6.04 Å². The molecular formula is C25H29ClN2O2. The van der Waals surface area contributed by atoms with E-state index in [1.807, 2.05) is 18.2 Å².